The van der Waals surface area contributed by atoms with Crippen LogP contribution in [-0.4, -0.2) is 19.5 Å². The summed E-state index contributed by atoms with van der Waals surface area (Å²) in [6.45, 7) is 4.04. The number of anilines is 1. The zero-order chi connectivity index (χ0) is 16.5. The van der Waals surface area contributed by atoms with Gasteiger partial charge in [0.05, 0.1) is 5.69 Å². The number of hydrogen-bond donors (Lipinski definition) is 1. The molecule has 2 aromatic rings. The molecule has 1 amide bonds. The van der Waals surface area contributed by atoms with E-state index in [0.29, 0.717) is 5.69 Å². The Balaban J connectivity index is 2.11. The first kappa shape index (κ1) is 17.1. The molecule has 0 aliphatic carbocycles. The Kier molecular flexibility index (Phi) is 5.05. The summed E-state index contributed by atoms with van der Waals surface area (Å²) >= 11 is 16.6. The van der Waals surface area contributed by atoms with Crippen molar-refractivity contribution >= 4 is 46.4 Å². The Morgan fingerprint density at radius 1 is 1.23 bits per heavy atom. The molecule has 0 aliphatic heterocycles. The molecule has 0 radical (unpaired) electrons. The van der Waals surface area contributed by atoms with E-state index in [9.17, 15) is 4.79 Å². The van der Waals surface area contributed by atoms with E-state index < -0.39 is 9.70 Å². The highest BCUT2D eigenvalue weighted by Gasteiger charge is 2.30. The minimum Gasteiger partial charge on any atom is -0.322 e. The average molecular weight is 361 g/mol. The zero-order valence-corrected chi connectivity index (χ0v) is 14.7. The average Bonchev–Trinajstić information content (AvgIpc) is 2.66. The van der Waals surface area contributed by atoms with Gasteiger partial charge in [0.15, 0.2) is 0 Å². The molecule has 2 rings (SSSR count). The molecule has 1 heterocycles. The molecule has 0 saturated heterocycles. The monoisotopic (exact) mass is 359 g/mol. The Morgan fingerprint density at radius 2 is 1.82 bits per heavy atom. The number of benzene rings is 1. The third kappa shape index (κ3) is 3.94. The van der Waals surface area contributed by atoms with Crippen LogP contribution >= 0.6 is 34.8 Å². The number of nitrogens with one attached hydrogen (secondary N) is 1. The number of halogens is 3. The number of alkyl halides is 3. The van der Waals surface area contributed by atoms with E-state index in [2.05, 4.69) is 10.4 Å². The first-order valence-corrected chi connectivity index (χ1v) is 7.78. The van der Waals surface area contributed by atoms with Crippen molar-refractivity contribution in [1.82, 2.24) is 9.78 Å². The Labute approximate surface area is 144 Å². The predicted octanol–water partition coefficient (Wildman–Crippen LogP) is 3.94. The van der Waals surface area contributed by atoms with Gasteiger partial charge in [0, 0.05) is 30.4 Å². The molecular weight excluding hydrogens is 345 g/mol. The second-order valence-electron chi connectivity index (χ2n) is 5.10. The van der Waals surface area contributed by atoms with Crippen LogP contribution in [0.25, 0.3) is 0 Å². The standard InChI is InChI=1S/C15H16Cl3N3O/c1-9-13(10(2)21(3)20-9)8-11-4-6-12(7-5-11)19-14(22)15(16,17)18/h4-7H,8H2,1-3H3,(H,19,22). The van der Waals surface area contributed by atoms with Gasteiger partial charge in [-0.3, -0.25) is 9.48 Å². The Morgan fingerprint density at radius 3 is 2.27 bits per heavy atom. The molecule has 0 bridgehead atoms. The van der Waals surface area contributed by atoms with Gasteiger partial charge in [0.1, 0.15) is 0 Å². The maximum absolute atomic E-state index is 11.6. The third-order valence-electron chi connectivity index (χ3n) is 3.51. The van der Waals surface area contributed by atoms with E-state index in [4.69, 9.17) is 34.8 Å². The van der Waals surface area contributed by atoms with Crippen LogP contribution in [0, 0.1) is 13.8 Å². The van der Waals surface area contributed by atoms with Gasteiger partial charge in [0.25, 0.3) is 9.70 Å². The largest absolute Gasteiger partial charge is 0.322 e. The first-order chi connectivity index (χ1) is 10.2. The molecule has 0 saturated carbocycles. The molecule has 4 nitrogen and oxygen atoms in total. The lowest BCUT2D eigenvalue weighted by Crippen LogP contribution is -2.26. The molecule has 1 N–H and O–H groups in total. The van der Waals surface area contributed by atoms with Crippen molar-refractivity contribution in [2.75, 3.05) is 5.32 Å². The van der Waals surface area contributed by atoms with Crippen LogP contribution in [-0.2, 0) is 18.3 Å². The predicted molar refractivity (Wildman–Crippen MR) is 90.8 cm³/mol. The fourth-order valence-corrected chi connectivity index (χ4v) is 2.33. The number of carbonyl (C=O) groups excluding carboxylic acids is 1. The second kappa shape index (κ2) is 6.49. The topological polar surface area (TPSA) is 46.9 Å². The Hall–Kier alpha value is -1.23. The lowest BCUT2D eigenvalue weighted by molar-refractivity contribution is -0.115. The van der Waals surface area contributed by atoms with Crippen molar-refractivity contribution in [1.29, 1.82) is 0 Å². The van der Waals surface area contributed by atoms with Crippen LogP contribution in [0.4, 0.5) is 5.69 Å². The summed E-state index contributed by atoms with van der Waals surface area (Å²) in [4.78, 5) is 11.6. The number of aromatic nitrogens is 2. The van der Waals surface area contributed by atoms with Crippen LogP contribution in [0.1, 0.15) is 22.5 Å². The minimum atomic E-state index is -1.97. The van der Waals surface area contributed by atoms with Crippen molar-refractivity contribution in [3.63, 3.8) is 0 Å². The van der Waals surface area contributed by atoms with Gasteiger partial charge in [-0.25, -0.2) is 0 Å². The van der Waals surface area contributed by atoms with E-state index in [1.165, 1.54) is 5.56 Å². The van der Waals surface area contributed by atoms with Gasteiger partial charge in [0.2, 0.25) is 0 Å². The molecule has 7 heteroatoms. The highest BCUT2D eigenvalue weighted by atomic mass is 35.6. The molecule has 0 spiro atoms. The third-order valence-corrected chi connectivity index (χ3v) is 4.02. The lowest BCUT2D eigenvalue weighted by Gasteiger charge is -2.11. The SMILES string of the molecule is Cc1nn(C)c(C)c1Cc1ccc(NC(=O)C(Cl)(Cl)Cl)cc1. The molecule has 0 atom stereocenters. The molecule has 1 aromatic carbocycles. The lowest BCUT2D eigenvalue weighted by atomic mass is 10.0. The van der Waals surface area contributed by atoms with Crippen molar-refractivity contribution in [3.8, 4) is 0 Å². The number of amides is 1. The first-order valence-electron chi connectivity index (χ1n) is 6.64. The summed E-state index contributed by atoms with van der Waals surface area (Å²) in [5.74, 6) is -0.677. The van der Waals surface area contributed by atoms with Crippen molar-refractivity contribution in [2.24, 2.45) is 7.05 Å². The van der Waals surface area contributed by atoms with Gasteiger partial charge in [-0.15, -0.1) is 0 Å². The molecular formula is C15H16Cl3N3O. The number of aryl methyl sites for hydroxylation is 2. The van der Waals surface area contributed by atoms with Gasteiger partial charge in [-0.1, -0.05) is 46.9 Å². The van der Waals surface area contributed by atoms with Crippen molar-refractivity contribution < 1.29 is 4.79 Å². The fourth-order valence-electron chi connectivity index (χ4n) is 2.19. The highest BCUT2D eigenvalue weighted by molar-refractivity contribution is 6.76. The summed E-state index contributed by atoms with van der Waals surface area (Å²) in [5, 5.41) is 6.95. The summed E-state index contributed by atoms with van der Waals surface area (Å²) in [7, 11) is 1.93. The van der Waals surface area contributed by atoms with Crippen LogP contribution < -0.4 is 5.32 Å². The van der Waals surface area contributed by atoms with E-state index in [1.54, 1.807) is 12.1 Å². The molecule has 0 fully saturated rings. The Bertz CT molecular complexity index is 687. The van der Waals surface area contributed by atoms with E-state index in [1.807, 2.05) is 37.7 Å². The molecule has 0 aliphatic rings. The summed E-state index contributed by atoms with van der Waals surface area (Å²) in [6, 6.07) is 7.43. The number of hydrogen-bond acceptors (Lipinski definition) is 2. The second-order valence-corrected chi connectivity index (χ2v) is 7.38. The normalized spacial score (nSPS) is 11.5. The minimum absolute atomic E-state index is 0.583. The summed E-state index contributed by atoms with van der Waals surface area (Å²) in [5.41, 5.74) is 5.08. The van der Waals surface area contributed by atoms with E-state index in [0.717, 1.165) is 23.4 Å². The maximum Gasteiger partial charge on any atom is 0.276 e. The van der Waals surface area contributed by atoms with Crippen LogP contribution in [0.3, 0.4) is 0 Å². The van der Waals surface area contributed by atoms with Gasteiger partial charge >= 0.3 is 0 Å². The summed E-state index contributed by atoms with van der Waals surface area (Å²) in [6.07, 6.45) is 0.782. The zero-order valence-electron chi connectivity index (χ0n) is 12.5. The van der Waals surface area contributed by atoms with Gasteiger partial charge in [-0.05, 0) is 31.5 Å². The molecule has 1 aromatic heterocycles. The van der Waals surface area contributed by atoms with Gasteiger partial charge < -0.3 is 5.32 Å². The van der Waals surface area contributed by atoms with Crippen LogP contribution in [0.15, 0.2) is 24.3 Å². The molecule has 22 heavy (non-hydrogen) atoms. The fraction of sp³-hybridized carbons (Fsp3) is 0.333. The van der Waals surface area contributed by atoms with Crippen LogP contribution in [0.5, 0.6) is 0 Å². The molecule has 118 valence electrons. The van der Waals surface area contributed by atoms with E-state index in [-0.39, 0.29) is 0 Å². The van der Waals surface area contributed by atoms with E-state index >= 15 is 0 Å². The number of carbonyl (C=O) groups is 1. The highest BCUT2D eigenvalue weighted by Crippen LogP contribution is 2.28. The van der Waals surface area contributed by atoms with Crippen LogP contribution in [0.2, 0.25) is 0 Å². The quantitative estimate of drug-likeness (QED) is 0.843. The summed E-state index contributed by atoms with van der Waals surface area (Å²) < 4.78 is -0.0944. The van der Waals surface area contributed by atoms with Crippen molar-refractivity contribution in [3.05, 3.63) is 46.8 Å². The van der Waals surface area contributed by atoms with Crippen molar-refractivity contribution in [2.45, 2.75) is 24.1 Å². The molecule has 0 unspecified atom stereocenters. The van der Waals surface area contributed by atoms with Gasteiger partial charge in [-0.2, -0.15) is 5.10 Å². The number of nitrogens with zero attached hydrogens (tertiary/aromatic N) is 2. The smallest absolute Gasteiger partial charge is 0.276 e. The number of rotatable bonds is 3. The maximum atomic E-state index is 11.6.